The van der Waals surface area contributed by atoms with Crippen LogP contribution < -0.4 is 5.32 Å². The van der Waals surface area contributed by atoms with E-state index in [0.717, 1.165) is 21.3 Å². The fraction of sp³-hybridized carbons (Fsp3) is 0. The first kappa shape index (κ1) is 14.1. The summed E-state index contributed by atoms with van der Waals surface area (Å²) in [7, 11) is 0. The third-order valence-corrected chi connectivity index (χ3v) is 4.59. The molecule has 3 aromatic rings. The average molecular weight is 327 g/mol. The molecule has 0 spiro atoms. The molecule has 1 N–H and O–H groups in total. The van der Waals surface area contributed by atoms with Gasteiger partial charge in [0.05, 0.1) is 15.9 Å². The van der Waals surface area contributed by atoms with Gasteiger partial charge in [0.15, 0.2) is 5.57 Å². The van der Waals surface area contributed by atoms with Crippen LogP contribution in [-0.4, -0.2) is 10.8 Å². The Balaban J connectivity index is 1.87. The van der Waals surface area contributed by atoms with E-state index in [9.17, 15) is 0 Å². The number of nitriles is 2. The number of amidine groups is 1. The van der Waals surface area contributed by atoms with Crippen LogP contribution >= 0.6 is 11.3 Å². The smallest absolute Gasteiger partial charge is 0.212 e. The molecule has 2 aromatic carbocycles. The second-order valence-corrected chi connectivity index (χ2v) is 6.08. The minimum absolute atomic E-state index is 0.0388. The summed E-state index contributed by atoms with van der Waals surface area (Å²) >= 11 is 1.50. The number of allylic oxidation sites excluding steroid dienone is 1. The second kappa shape index (κ2) is 5.62. The zero-order valence-electron chi connectivity index (χ0n) is 12.3. The fourth-order valence-electron chi connectivity index (χ4n) is 2.59. The molecule has 0 saturated heterocycles. The van der Waals surface area contributed by atoms with Crippen LogP contribution in [0.2, 0.25) is 0 Å². The number of para-hydroxylation sites is 1. The highest BCUT2D eigenvalue weighted by Gasteiger charge is 2.25. The van der Waals surface area contributed by atoms with Crippen molar-refractivity contribution in [2.24, 2.45) is 4.99 Å². The number of hydrogen-bond donors (Lipinski definition) is 1. The molecule has 0 amide bonds. The molecular weight excluding hydrogens is 318 g/mol. The Morgan fingerprint density at radius 2 is 1.71 bits per heavy atom. The molecule has 0 bridgehead atoms. The third-order valence-electron chi connectivity index (χ3n) is 3.66. The molecule has 112 valence electrons. The topological polar surface area (TPSA) is 84.9 Å². The van der Waals surface area contributed by atoms with Crippen molar-refractivity contribution in [3.63, 3.8) is 0 Å². The lowest BCUT2D eigenvalue weighted by atomic mass is 10.1. The Morgan fingerprint density at radius 1 is 1.00 bits per heavy atom. The van der Waals surface area contributed by atoms with Crippen LogP contribution in [0.15, 0.2) is 59.1 Å². The maximum absolute atomic E-state index is 9.16. The summed E-state index contributed by atoms with van der Waals surface area (Å²) in [5.74, 6) is 0.600. The van der Waals surface area contributed by atoms with Crippen molar-refractivity contribution in [3.05, 3.63) is 65.2 Å². The Kier molecular flexibility index (Phi) is 3.31. The Labute approximate surface area is 141 Å². The van der Waals surface area contributed by atoms with Gasteiger partial charge in [-0.2, -0.15) is 10.5 Å². The molecule has 0 unspecified atom stereocenters. The van der Waals surface area contributed by atoms with Crippen molar-refractivity contribution in [2.75, 3.05) is 0 Å². The summed E-state index contributed by atoms with van der Waals surface area (Å²) < 4.78 is 1.06. The molecule has 5 nitrogen and oxygen atoms in total. The lowest BCUT2D eigenvalue weighted by molar-refractivity contribution is 1.30. The molecule has 1 aliphatic heterocycles. The predicted molar refractivity (Wildman–Crippen MR) is 93.5 cm³/mol. The van der Waals surface area contributed by atoms with E-state index in [1.54, 1.807) is 0 Å². The van der Waals surface area contributed by atoms with Crippen LogP contribution in [0.4, 0.5) is 5.13 Å². The van der Waals surface area contributed by atoms with Crippen LogP contribution in [0, 0.1) is 22.7 Å². The molecule has 1 aromatic heterocycles. The molecule has 0 fully saturated rings. The Hall–Kier alpha value is -3.48. The lowest BCUT2D eigenvalue weighted by Crippen LogP contribution is -2.14. The maximum atomic E-state index is 9.16. The maximum Gasteiger partial charge on any atom is 0.212 e. The fourth-order valence-corrected chi connectivity index (χ4v) is 3.43. The van der Waals surface area contributed by atoms with Crippen molar-refractivity contribution in [3.8, 4) is 12.1 Å². The summed E-state index contributed by atoms with van der Waals surface area (Å²) in [5, 5.41) is 22.1. The van der Waals surface area contributed by atoms with Gasteiger partial charge in [-0.1, -0.05) is 47.7 Å². The first-order chi connectivity index (χ1) is 11.8. The minimum Gasteiger partial charge on any atom is -0.337 e. The van der Waals surface area contributed by atoms with Crippen molar-refractivity contribution in [2.45, 2.75) is 0 Å². The number of aromatic nitrogens is 1. The molecule has 4 rings (SSSR count). The van der Waals surface area contributed by atoms with E-state index in [0.29, 0.717) is 16.7 Å². The molecule has 0 saturated carbocycles. The highest BCUT2D eigenvalue weighted by atomic mass is 32.1. The molecule has 1 aliphatic rings. The number of rotatable bonds is 1. The van der Waals surface area contributed by atoms with Gasteiger partial charge in [-0.05, 0) is 12.1 Å². The van der Waals surface area contributed by atoms with Crippen LogP contribution in [0.1, 0.15) is 11.1 Å². The lowest BCUT2D eigenvalue weighted by Gasteiger charge is -1.99. The summed E-state index contributed by atoms with van der Waals surface area (Å²) in [6, 6.07) is 19.3. The molecular formula is C18H9N5S. The van der Waals surface area contributed by atoms with Gasteiger partial charge in [-0.25, -0.2) is 9.98 Å². The number of benzene rings is 2. The summed E-state index contributed by atoms with van der Waals surface area (Å²) in [6.45, 7) is 0. The molecule has 6 heteroatoms. The summed E-state index contributed by atoms with van der Waals surface area (Å²) in [5.41, 5.74) is 3.09. The summed E-state index contributed by atoms with van der Waals surface area (Å²) in [4.78, 5) is 9.10. The highest BCUT2D eigenvalue weighted by molar-refractivity contribution is 7.22. The molecule has 0 aliphatic carbocycles. The monoisotopic (exact) mass is 327 g/mol. The minimum atomic E-state index is 0.0388. The largest absolute Gasteiger partial charge is 0.337 e. The van der Waals surface area contributed by atoms with E-state index in [2.05, 4.69) is 15.3 Å². The van der Waals surface area contributed by atoms with Gasteiger partial charge in [-0.15, -0.1) is 0 Å². The first-order valence-corrected chi connectivity index (χ1v) is 7.97. The molecule has 0 atom stereocenters. The second-order valence-electron chi connectivity index (χ2n) is 5.07. The van der Waals surface area contributed by atoms with Crippen molar-refractivity contribution in [1.82, 2.24) is 10.3 Å². The van der Waals surface area contributed by atoms with Crippen molar-refractivity contribution >= 4 is 38.2 Å². The molecule has 24 heavy (non-hydrogen) atoms. The van der Waals surface area contributed by atoms with Crippen molar-refractivity contribution < 1.29 is 0 Å². The van der Waals surface area contributed by atoms with Crippen LogP contribution in [0.3, 0.4) is 0 Å². The van der Waals surface area contributed by atoms with Gasteiger partial charge in [0.1, 0.15) is 18.0 Å². The van der Waals surface area contributed by atoms with E-state index in [4.69, 9.17) is 10.5 Å². The first-order valence-electron chi connectivity index (χ1n) is 7.15. The number of hydrogen-bond acceptors (Lipinski definition) is 5. The van der Waals surface area contributed by atoms with E-state index < -0.39 is 0 Å². The third kappa shape index (κ3) is 2.23. The van der Waals surface area contributed by atoms with E-state index >= 15 is 0 Å². The van der Waals surface area contributed by atoms with Gasteiger partial charge in [0, 0.05) is 11.1 Å². The zero-order valence-corrected chi connectivity index (χ0v) is 13.1. The van der Waals surface area contributed by atoms with E-state index in [1.807, 2.05) is 60.7 Å². The SMILES string of the molecule is N#CC(C#N)=C1N/C(=N\c2nc3ccccc3s2)c2ccccc21. The number of fused-ring (bicyclic) bond motifs is 2. The van der Waals surface area contributed by atoms with Gasteiger partial charge in [0.25, 0.3) is 0 Å². The van der Waals surface area contributed by atoms with Gasteiger partial charge < -0.3 is 5.32 Å². The van der Waals surface area contributed by atoms with Crippen LogP contribution in [0.25, 0.3) is 15.9 Å². The van der Waals surface area contributed by atoms with E-state index in [-0.39, 0.29) is 5.57 Å². The van der Waals surface area contributed by atoms with Crippen LogP contribution in [0.5, 0.6) is 0 Å². The standard InChI is InChI=1S/C18H9N5S/c19-9-11(10-20)16-12-5-1-2-6-13(12)17(22-16)23-18-21-14-7-3-4-8-15(14)24-18/h1-8H,(H,21,22,23). The van der Waals surface area contributed by atoms with Crippen LogP contribution in [-0.2, 0) is 0 Å². The molecule has 2 heterocycles. The average Bonchev–Trinajstić information content (AvgIpc) is 3.18. The van der Waals surface area contributed by atoms with Gasteiger partial charge in [0.2, 0.25) is 5.13 Å². The number of thiazole rings is 1. The van der Waals surface area contributed by atoms with E-state index in [1.165, 1.54) is 11.3 Å². The number of nitrogens with zero attached hydrogens (tertiary/aromatic N) is 4. The number of aliphatic imine (C=N–C) groups is 1. The van der Waals surface area contributed by atoms with Crippen molar-refractivity contribution in [1.29, 1.82) is 10.5 Å². The normalized spacial score (nSPS) is 14.1. The van der Waals surface area contributed by atoms with Gasteiger partial charge in [-0.3, -0.25) is 0 Å². The Bertz CT molecular complexity index is 1060. The molecule has 0 radical (unpaired) electrons. The Morgan fingerprint density at radius 3 is 2.46 bits per heavy atom. The zero-order chi connectivity index (χ0) is 16.5. The predicted octanol–water partition coefficient (Wildman–Crippen LogP) is 3.74. The number of nitrogens with one attached hydrogen (secondary N) is 1. The van der Waals surface area contributed by atoms with Gasteiger partial charge >= 0.3 is 0 Å². The summed E-state index contributed by atoms with van der Waals surface area (Å²) in [6.07, 6.45) is 0. The quantitative estimate of drug-likeness (QED) is 0.690. The highest BCUT2D eigenvalue weighted by Crippen LogP contribution is 2.31.